The van der Waals surface area contributed by atoms with Gasteiger partial charge in [-0.3, -0.25) is 4.99 Å². The van der Waals surface area contributed by atoms with Crippen molar-refractivity contribution in [1.82, 2.24) is 4.68 Å². The highest BCUT2D eigenvalue weighted by atomic mass is 32.1. The highest BCUT2D eigenvalue weighted by Crippen LogP contribution is 2.41. The number of aromatic nitrogens is 1. The summed E-state index contributed by atoms with van der Waals surface area (Å²) in [5.41, 5.74) is 3.12. The molecule has 0 radical (unpaired) electrons. The predicted molar refractivity (Wildman–Crippen MR) is 119 cm³/mol. The van der Waals surface area contributed by atoms with E-state index in [1.54, 1.807) is 38.7 Å². The van der Waals surface area contributed by atoms with Gasteiger partial charge in [-0.15, -0.1) is 17.9 Å². The van der Waals surface area contributed by atoms with Crippen molar-refractivity contribution in [2.24, 2.45) is 10.1 Å². The largest absolute Gasteiger partial charge is 0.493 e. The molecule has 0 amide bonds. The van der Waals surface area contributed by atoms with Crippen LogP contribution in [0.2, 0.25) is 0 Å². The SMILES string of the molecule is C=CCN=c1scc(-c2cc(OC)c(OC)c(OC)c2)n1N=C1CCCCCC1. The van der Waals surface area contributed by atoms with Crippen molar-refractivity contribution in [1.29, 1.82) is 0 Å². The van der Waals surface area contributed by atoms with Gasteiger partial charge >= 0.3 is 0 Å². The monoisotopic (exact) mass is 415 g/mol. The predicted octanol–water partition coefficient (Wildman–Crippen LogP) is 4.89. The Bertz CT molecular complexity index is 908. The van der Waals surface area contributed by atoms with Crippen LogP contribution in [0.25, 0.3) is 11.3 Å². The highest BCUT2D eigenvalue weighted by Gasteiger charge is 2.17. The Morgan fingerprint density at radius 1 is 1.03 bits per heavy atom. The fraction of sp³-hybridized carbons (Fsp3) is 0.455. The molecule has 1 aliphatic carbocycles. The normalized spacial score (nSPS) is 15.0. The van der Waals surface area contributed by atoms with Crippen molar-refractivity contribution >= 4 is 17.0 Å². The standard InChI is InChI=1S/C22H29N3O3S/c1-5-12-23-22-25(24-17-10-8-6-7-9-11-17)18(15-29-22)16-13-19(26-2)21(28-4)20(14-16)27-3/h5,13-15H,1,6-12H2,2-4H3. The Morgan fingerprint density at radius 3 is 2.24 bits per heavy atom. The van der Waals surface area contributed by atoms with E-state index in [4.69, 9.17) is 19.3 Å². The summed E-state index contributed by atoms with van der Waals surface area (Å²) in [5.74, 6) is 1.81. The Kier molecular flexibility index (Phi) is 7.52. The van der Waals surface area contributed by atoms with Crippen LogP contribution in [0.5, 0.6) is 17.2 Å². The Morgan fingerprint density at radius 2 is 1.69 bits per heavy atom. The summed E-state index contributed by atoms with van der Waals surface area (Å²) < 4.78 is 18.5. The molecule has 0 saturated heterocycles. The molecule has 1 saturated carbocycles. The number of methoxy groups -OCH3 is 3. The molecule has 1 heterocycles. The van der Waals surface area contributed by atoms with Crippen LogP contribution in [0.3, 0.4) is 0 Å². The van der Waals surface area contributed by atoms with E-state index in [1.807, 2.05) is 16.8 Å². The third-order valence-corrected chi connectivity index (χ3v) is 5.78. The molecule has 0 atom stereocenters. The van der Waals surface area contributed by atoms with Gasteiger partial charge < -0.3 is 14.2 Å². The maximum atomic E-state index is 5.54. The number of nitrogens with zero attached hydrogens (tertiary/aromatic N) is 3. The van der Waals surface area contributed by atoms with Gasteiger partial charge in [0.15, 0.2) is 11.5 Å². The minimum Gasteiger partial charge on any atom is -0.493 e. The molecule has 1 aliphatic rings. The molecule has 1 aromatic carbocycles. The van der Waals surface area contributed by atoms with Gasteiger partial charge in [0.25, 0.3) is 0 Å². The molecule has 1 fully saturated rings. The highest BCUT2D eigenvalue weighted by molar-refractivity contribution is 7.07. The van der Waals surface area contributed by atoms with Crippen molar-refractivity contribution in [3.63, 3.8) is 0 Å². The molecular weight excluding hydrogens is 386 g/mol. The number of benzene rings is 1. The third-order valence-electron chi connectivity index (χ3n) is 4.92. The summed E-state index contributed by atoms with van der Waals surface area (Å²) in [4.78, 5) is 5.50. The topological polar surface area (TPSA) is 57.3 Å². The Labute approximate surface area is 176 Å². The van der Waals surface area contributed by atoms with E-state index in [0.29, 0.717) is 23.8 Å². The van der Waals surface area contributed by atoms with Crippen LogP contribution in [0.4, 0.5) is 0 Å². The van der Waals surface area contributed by atoms with Gasteiger partial charge in [-0.2, -0.15) is 5.10 Å². The van der Waals surface area contributed by atoms with Crippen LogP contribution >= 0.6 is 11.3 Å². The number of thiazole rings is 1. The van der Waals surface area contributed by atoms with Crippen LogP contribution in [0.1, 0.15) is 38.5 Å². The summed E-state index contributed by atoms with van der Waals surface area (Å²) in [6.45, 7) is 4.34. The van der Waals surface area contributed by atoms with Crippen LogP contribution < -0.4 is 19.0 Å². The van der Waals surface area contributed by atoms with Crippen LogP contribution in [0.15, 0.2) is 40.3 Å². The second-order valence-electron chi connectivity index (χ2n) is 6.84. The maximum Gasteiger partial charge on any atom is 0.206 e. The summed E-state index contributed by atoms with van der Waals surface area (Å²) in [5, 5.41) is 7.10. The first-order valence-corrected chi connectivity index (χ1v) is 10.8. The minimum atomic E-state index is 0.556. The van der Waals surface area contributed by atoms with E-state index < -0.39 is 0 Å². The molecule has 29 heavy (non-hydrogen) atoms. The maximum absolute atomic E-state index is 5.54. The summed E-state index contributed by atoms with van der Waals surface area (Å²) >= 11 is 1.57. The number of hydrogen-bond acceptors (Lipinski definition) is 6. The average molecular weight is 416 g/mol. The first-order chi connectivity index (χ1) is 14.2. The quantitative estimate of drug-likeness (QED) is 0.478. The summed E-state index contributed by atoms with van der Waals surface area (Å²) in [7, 11) is 4.85. The first-order valence-electron chi connectivity index (χ1n) is 9.90. The summed E-state index contributed by atoms with van der Waals surface area (Å²) in [6.07, 6.45) is 8.82. The van der Waals surface area contributed by atoms with Gasteiger partial charge in [-0.1, -0.05) is 18.9 Å². The van der Waals surface area contributed by atoms with Gasteiger partial charge in [0.05, 0.1) is 33.6 Å². The zero-order valence-electron chi connectivity index (χ0n) is 17.4. The van der Waals surface area contributed by atoms with Gasteiger partial charge in [-0.25, -0.2) is 4.68 Å². The number of ether oxygens (including phenoxy) is 3. The molecule has 7 heteroatoms. The van der Waals surface area contributed by atoms with E-state index >= 15 is 0 Å². The van der Waals surface area contributed by atoms with Crippen LogP contribution in [-0.4, -0.2) is 38.3 Å². The van der Waals surface area contributed by atoms with Crippen molar-refractivity contribution in [2.45, 2.75) is 38.5 Å². The Hall–Kier alpha value is -2.54. The molecule has 0 N–H and O–H groups in total. The fourth-order valence-corrected chi connectivity index (χ4v) is 4.29. The second kappa shape index (κ2) is 10.3. The second-order valence-corrected chi connectivity index (χ2v) is 7.68. The fourth-order valence-electron chi connectivity index (χ4n) is 3.45. The third kappa shape index (κ3) is 4.90. The van der Waals surface area contributed by atoms with Gasteiger partial charge in [0.2, 0.25) is 10.6 Å². The van der Waals surface area contributed by atoms with E-state index in [9.17, 15) is 0 Å². The molecule has 3 rings (SSSR count). The zero-order chi connectivity index (χ0) is 20.6. The van der Waals surface area contributed by atoms with Crippen molar-refractivity contribution in [2.75, 3.05) is 27.9 Å². The molecule has 0 bridgehead atoms. The van der Waals surface area contributed by atoms with Crippen LogP contribution in [0, 0.1) is 0 Å². The molecule has 0 unspecified atom stereocenters. The molecule has 1 aromatic heterocycles. The molecule has 6 nitrogen and oxygen atoms in total. The lowest BCUT2D eigenvalue weighted by atomic mass is 10.1. The molecule has 156 valence electrons. The smallest absolute Gasteiger partial charge is 0.206 e. The number of rotatable bonds is 7. The average Bonchev–Trinajstić information content (AvgIpc) is 2.96. The zero-order valence-corrected chi connectivity index (χ0v) is 18.3. The summed E-state index contributed by atoms with van der Waals surface area (Å²) in [6, 6.07) is 3.90. The lowest BCUT2D eigenvalue weighted by molar-refractivity contribution is 0.324. The molecular formula is C22H29N3O3S. The number of hydrogen-bond donors (Lipinski definition) is 0. The van der Waals surface area contributed by atoms with E-state index in [-0.39, 0.29) is 0 Å². The van der Waals surface area contributed by atoms with E-state index in [1.165, 1.54) is 31.4 Å². The lowest BCUT2D eigenvalue weighted by Crippen LogP contribution is -2.15. The van der Waals surface area contributed by atoms with Gasteiger partial charge in [-0.05, 0) is 37.8 Å². The minimum absolute atomic E-state index is 0.556. The first kappa shape index (κ1) is 21.2. The lowest BCUT2D eigenvalue weighted by Gasteiger charge is -2.14. The molecule has 0 aliphatic heterocycles. The van der Waals surface area contributed by atoms with Gasteiger partial charge in [0, 0.05) is 16.7 Å². The van der Waals surface area contributed by atoms with Crippen molar-refractivity contribution in [3.8, 4) is 28.5 Å². The van der Waals surface area contributed by atoms with E-state index in [2.05, 4.69) is 17.0 Å². The van der Waals surface area contributed by atoms with Crippen LogP contribution in [-0.2, 0) is 0 Å². The van der Waals surface area contributed by atoms with Crippen molar-refractivity contribution in [3.05, 3.63) is 35.0 Å². The van der Waals surface area contributed by atoms with Gasteiger partial charge in [0.1, 0.15) is 0 Å². The molecule has 2 aromatic rings. The molecule has 0 spiro atoms. The van der Waals surface area contributed by atoms with E-state index in [0.717, 1.165) is 28.9 Å². The van der Waals surface area contributed by atoms with Crippen molar-refractivity contribution < 1.29 is 14.2 Å². The Balaban J connectivity index is 2.16.